The zero-order valence-electron chi connectivity index (χ0n) is 11.4. The van der Waals surface area contributed by atoms with Crippen LogP contribution in [0.5, 0.6) is 0 Å². The SMILES string of the molecule is C=CCN(C(=O)OC(=O)c1ccccc1)c1ccccc1. The molecular weight excluding hydrogens is 266 g/mol. The third-order valence-corrected chi connectivity index (χ3v) is 2.79. The van der Waals surface area contributed by atoms with Crippen molar-refractivity contribution < 1.29 is 14.3 Å². The van der Waals surface area contributed by atoms with Crippen molar-refractivity contribution in [2.75, 3.05) is 11.4 Å². The van der Waals surface area contributed by atoms with Crippen LogP contribution in [0.4, 0.5) is 10.5 Å². The number of amides is 1. The summed E-state index contributed by atoms with van der Waals surface area (Å²) >= 11 is 0. The molecule has 2 aromatic rings. The molecule has 1 amide bonds. The van der Waals surface area contributed by atoms with Gasteiger partial charge in [-0.25, -0.2) is 9.59 Å². The Hall–Kier alpha value is -2.88. The zero-order chi connectivity index (χ0) is 15.1. The zero-order valence-corrected chi connectivity index (χ0v) is 11.4. The van der Waals surface area contributed by atoms with Crippen molar-refractivity contribution in [3.63, 3.8) is 0 Å². The van der Waals surface area contributed by atoms with Crippen molar-refractivity contribution >= 4 is 17.7 Å². The van der Waals surface area contributed by atoms with Crippen LogP contribution in [0.3, 0.4) is 0 Å². The summed E-state index contributed by atoms with van der Waals surface area (Å²) in [6.07, 6.45) is 0.844. The van der Waals surface area contributed by atoms with Crippen LogP contribution in [0, 0.1) is 0 Å². The van der Waals surface area contributed by atoms with E-state index in [1.807, 2.05) is 6.07 Å². The van der Waals surface area contributed by atoms with Gasteiger partial charge in [0.2, 0.25) is 0 Å². The van der Waals surface area contributed by atoms with Gasteiger partial charge in [-0.1, -0.05) is 42.5 Å². The van der Waals surface area contributed by atoms with Gasteiger partial charge in [-0.2, -0.15) is 0 Å². The van der Waals surface area contributed by atoms with Crippen LogP contribution in [0.25, 0.3) is 0 Å². The van der Waals surface area contributed by atoms with E-state index in [0.717, 1.165) is 0 Å². The molecule has 4 heteroatoms. The van der Waals surface area contributed by atoms with Gasteiger partial charge >= 0.3 is 12.1 Å². The molecule has 2 aromatic carbocycles. The second-order valence-electron chi connectivity index (χ2n) is 4.26. The molecule has 0 aromatic heterocycles. The Morgan fingerprint density at radius 1 is 1.00 bits per heavy atom. The fourth-order valence-corrected chi connectivity index (χ4v) is 1.79. The van der Waals surface area contributed by atoms with Gasteiger partial charge in [0.25, 0.3) is 0 Å². The molecule has 0 radical (unpaired) electrons. The number of para-hydroxylation sites is 1. The van der Waals surface area contributed by atoms with E-state index in [-0.39, 0.29) is 6.54 Å². The second kappa shape index (κ2) is 7.05. The number of anilines is 1. The molecule has 21 heavy (non-hydrogen) atoms. The maximum Gasteiger partial charge on any atom is 0.422 e. The summed E-state index contributed by atoms with van der Waals surface area (Å²) in [5, 5.41) is 0. The first kappa shape index (κ1) is 14.5. The van der Waals surface area contributed by atoms with Gasteiger partial charge in [0, 0.05) is 12.2 Å². The first-order chi connectivity index (χ1) is 10.2. The molecule has 0 aliphatic heterocycles. The molecule has 0 unspecified atom stereocenters. The molecule has 106 valence electrons. The van der Waals surface area contributed by atoms with Gasteiger partial charge < -0.3 is 4.74 Å². The third-order valence-electron chi connectivity index (χ3n) is 2.79. The van der Waals surface area contributed by atoms with Crippen LogP contribution in [0.15, 0.2) is 73.3 Å². The first-order valence-corrected chi connectivity index (χ1v) is 6.47. The van der Waals surface area contributed by atoms with E-state index < -0.39 is 12.1 Å². The second-order valence-corrected chi connectivity index (χ2v) is 4.26. The number of carbonyl (C=O) groups is 2. The van der Waals surface area contributed by atoms with Gasteiger partial charge in [0.15, 0.2) is 0 Å². The Bertz CT molecular complexity index is 623. The molecule has 0 N–H and O–H groups in total. The summed E-state index contributed by atoms with van der Waals surface area (Å²) in [6, 6.07) is 17.4. The van der Waals surface area contributed by atoms with Crippen molar-refractivity contribution in [1.82, 2.24) is 0 Å². The molecule has 0 saturated heterocycles. The molecule has 0 aliphatic carbocycles. The molecule has 0 heterocycles. The van der Waals surface area contributed by atoms with Crippen molar-refractivity contribution in [3.8, 4) is 0 Å². The number of nitrogens with zero attached hydrogens (tertiary/aromatic N) is 1. The lowest BCUT2D eigenvalue weighted by atomic mass is 10.2. The van der Waals surface area contributed by atoms with Crippen LogP contribution in [-0.2, 0) is 4.74 Å². The lowest BCUT2D eigenvalue weighted by Crippen LogP contribution is -2.33. The number of carbonyl (C=O) groups excluding carboxylic acids is 2. The lowest BCUT2D eigenvalue weighted by molar-refractivity contribution is 0.0635. The highest BCUT2D eigenvalue weighted by atomic mass is 16.6. The topological polar surface area (TPSA) is 46.6 Å². The predicted octanol–water partition coefficient (Wildman–Crippen LogP) is 3.66. The van der Waals surface area contributed by atoms with E-state index in [2.05, 4.69) is 6.58 Å². The minimum Gasteiger partial charge on any atom is -0.372 e. The summed E-state index contributed by atoms with van der Waals surface area (Å²) in [4.78, 5) is 25.4. The molecule has 0 atom stereocenters. The molecule has 0 spiro atoms. The fraction of sp³-hybridized carbons (Fsp3) is 0.0588. The summed E-state index contributed by atoms with van der Waals surface area (Å²) in [5.74, 6) is -0.675. The average Bonchev–Trinajstić information content (AvgIpc) is 2.54. The van der Waals surface area contributed by atoms with Crippen molar-refractivity contribution in [3.05, 3.63) is 78.9 Å². The first-order valence-electron chi connectivity index (χ1n) is 6.47. The molecule has 0 aliphatic rings. The van der Waals surface area contributed by atoms with E-state index in [9.17, 15) is 9.59 Å². The van der Waals surface area contributed by atoms with Crippen LogP contribution in [0.1, 0.15) is 10.4 Å². The van der Waals surface area contributed by atoms with E-state index in [4.69, 9.17) is 4.74 Å². The Balaban J connectivity index is 2.13. The Kier molecular flexibility index (Phi) is 4.88. The molecule has 0 bridgehead atoms. The van der Waals surface area contributed by atoms with Gasteiger partial charge in [-0.3, -0.25) is 4.90 Å². The number of benzene rings is 2. The average molecular weight is 281 g/mol. The summed E-state index contributed by atoms with van der Waals surface area (Å²) < 4.78 is 4.91. The summed E-state index contributed by atoms with van der Waals surface area (Å²) in [7, 11) is 0. The smallest absolute Gasteiger partial charge is 0.372 e. The maximum absolute atomic E-state index is 12.2. The standard InChI is InChI=1S/C17H15NO3/c1-2-13-18(15-11-7-4-8-12-15)17(20)21-16(19)14-9-5-3-6-10-14/h2-12H,1,13H2. The van der Waals surface area contributed by atoms with Crippen LogP contribution in [0.2, 0.25) is 0 Å². The molecule has 4 nitrogen and oxygen atoms in total. The highest BCUT2D eigenvalue weighted by Crippen LogP contribution is 2.15. The van der Waals surface area contributed by atoms with Gasteiger partial charge in [0.05, 0.1) is 5.56 Å². The number of rotatable bonds is 4. The lowest BCUT2D eigenvalue weighted by Gasteiger charge is -2.19. The molecule has 2 rings (SSSR count). The van der Waals surface area contributed by atoms with Gasteiger partial charge in [-0.05, 0) is 24.3 Å². The molecular formula is C17H15NO3. The van der Waals surface area contributed by atoms with Crippen molar-refractivity contribution in [1.29, 1.82) is 0 Å². The van der Waals surface area contributed by atoms with E-state index >= 15 is 0 Å². The van der Waals surface area contributed by atoms with Crippen LogP contribution in [-0.4, -0.2) is 18.6 Å². The van der Waals surface area contributed by atoms with E-state index in [1.54, 1.807) is 60.7 Å². The van der Waals surface area contributed by atoms with Crippen molar-refractivity contribution in [2.45, 2.75) is 0 Å². The molecule has 0 fully saturated rings. The monoisotopic (exact) mass is 281 g/mol. The van der Waals surface area contributed by atoms with Crippen LogP contribution < -0.4 is 4.90 Å². The van der Waals surface area contributed by atoms with Crippen LogP contribution >= 0.6 is 0 Å². The normalized spacial score (nSPS) is 9.71. The minimum atomic E-state index is -0.727. The number of hydrogen-bond donors (Lipinski definition) is 0. The Morgan fingerprint density at radius 2 is 1.57 bits per heavy atom. The Morgan fingerprint density at radius 3 is 2.14 bits per heavy atom. The third kappa shape index (κ3) is 3.79. The van der Waals surface area contributed by atoms with E-state index in [1.165, 1.54) is 4.90 Å². The number of ether oxygens (including phenoxy) is 1. The maximum atomic E-state index is 12.2. The largest absolute Gasteiger partial charge is 0.422 e. The van der Waals surface area contributed by atoms with Gasteiger partial charge in [-0.15, -0.1) is 6.58 Å². The number of hydrogen-bond acceptors (Lipinski definition) is 3. The van der Waals surface area contributed by atoms with E-state index in [0.29, 0.717) is 11.3 Å². The molecule has 0 saturated carbocycles. The quantitative estimate of drug-likeness (QED) is 0.488. The summed E-state index contributed by atoms with van der Waals surface area (Å²) in [6.45, 7) is 3.87. The van der Waals surface area contributed by atoms with Gasteiger partial charge in [0.1, 0.15) is 0 Å². The minimum absolute atomic E-state index is 0.255. The summed E-state index contributed by atoms with van der Waals surface area (Å²) in [5.41, 5.74) is 0.973. The Labute approximate surface area is 123 Å². The number of esters is 1. The fourth-order valence-electron chi connectivity index (χ4n) is 1.79. The van der Waals surface area contributed by atoms with Crippen molar-refractivity contribution in [2.24, 2.45) is 0 Å². The highest BCUT2D eigenvalue weighted by molar-refractivity contribution is 6.01. The highest BCUT2D eigenvalue weighted by Gasteiger charge is 2.20. The predicted molar refractivity (Wildman–Crippen MR) is 81.2 cm³/mol.